The maximum atomic E-state index is 8.76. The van der Waals surface area contributed by atoms with Crippen molar-refractivity contribution in [3.63, 3.8) is 0 Å². The van der Waals surface area contributed by atoms with Crippen molar-refractivity contribution in [2.45, 2.75) is 19.4 Å². The highest BCUT2D eigenvalue weighted by atomic mass is 15.1. The number of nitriles is 1. The minimum atomic E-state index is 0.131. The molecule has 0 spiro atoms. The summed E-state index contributed by atoms with van der Waals surface area (Å²) in [4.78, 5) is 6.31. The molecule has 0 aliphatic rings. The molecule has 0 fully saturated rings. The van der Waals surface area contributed by atoms with Crippen LogP contribution in [0.15, 0.2) is 30.5 Å². The van der Waals surface area contributed by atoms with Gasteiger partial charge in [0.1, 0.15) is 0 Å². The molecule has 0 bridgehead atoms. The van der Waals surface area contributed by atoms with Crippen LogP contribution in [0.5, 0.6) is 0 Å². The average molecular weight is 240 g/mol. The molecule has 92 valence electrons. The quantitative estimate of drug-likeness (QED) is 0.837. The molecular formula is C14H16N4. The summed E-state index contributed by atoms with van der Waals surface area (Å²) in [7, 11) is 1.95. The number of rotatable bonds is 3. The van der Waals surface area contributed by atoms with Gasteiger partial charge in [-0.05, 0) is 31.2 Å². The fourth-order valence-corrected chi connectivity index (χ4v) is 1.98. The van der Waals surface area contributed by atoms with Crippen molar-refractivity contribution in [1.82, 2.24) is 4.98 Å². The Bertz CT molecular complexity index is 600. The number of hydrogen-bond acceptors (Lipinski definition) is 4. The Balaban J connectivity index is 2.46. The largest absolute Gasteiger partial charge is 0.396 e. The van der Waals surface area contributed by atoms with E-state index in [9.17, 15) is 0 Å². The van der Waals surface area contributed by atoms with Gasteiger partial charge >= 0.3 is 0 Å². The van der Waals surface area contributed by atoms with E-state index in [4.69, 9.17) is 11.0 Å². The first-order valence-electron chi connectivity index (χ1n) is 5.88. The van der Waals surface area contributed by atoms with Crippen molar-refractivity contribution in [1.29, 1.82) is 5.26 Å². The van der Waals surface area contributed by atoms with Crippen molar-refractivity contribution in [3.05, 3.63) is 30.5 Å². The predicted molar refractivity (Wildman–Crippen MR) is 74.3 cm³/mol. The highest BCUT2D eigenvalue weighted by Crippen LogP contribution is 2.31. The monoisotopic (exact) mass is 240 g/mol. The second-order valence-corrected chi connectivity index (χ2v) is 4.39. The molecule has 4 nitrogen and oxygen atoms in total. The first-order chi connectivity index (χ1) is 8.65. The molecule has 0 saturated carbocycles. The lowest BCUT2D eigenvalue weighted by Crippen LogP contribution is -2.29. The summed E-state index contributed by atoms with van der Waals surface area (Å²) in [5.74, 6) is 0. The molecule has 0 radical (unpaired) electrons. The zero-order chi connectivity index (χ0) is 13.1. The third-order valence-corrected chi connectivity index (χ3v) is 3.23. The van der Waals surface area contributed by atoms with Crippen LogP contribution in [0.1, 0.15) is 13.3 Å². The molecule has 1 atom stereocenters. The topological polar surface area (TPSA) is 65.9 Å². The Morgan fingerprint density at radius 2 is 2.22 bits per heavy atom. The Hall–Kier alpha value is -2.28. The van der Waals surface area contributed by atoms with Crippen LogP contribution in [0.3, 0.4) is 0 Å². The van der Waals surface area contributed by atoms with Crippen LogP contribution in [0, 0.1) is 11.3 Å². The molecule has 1 heterocycles. The smallest absolute Gasteiger partial charge is 0.0724 e. The van der Waals surface area contributed by atoms with E-state index in [-0.39, 0.29) is 6.04 Å². The Morgan fingerprint density at radius 3 is 2.94 bits per heavy atom. The van der Waals surface area contributed by atoms with E-state index in [1.165, 1.54) is 0 Å². The van der Waals surface area contributed by atoms with E-state index in [1.807, 2.05) is 43.1 Å². The van der Waals surface area contributed by atoms with Gasteiger partial charge in [-0.1, -0.05) is 0 Å². The van der Waals surface area contributed by atoms with E-state index in [2.05, 4.69) is 11.1 Å². The maximum Gasteiger partial charge on any atom is 0.0724 e. The highest BCUT2D eigenvalue weighted by Gasteiger charge is 2.14. The first kappa shape index (κ1) is 12.2. The predicted octanol–water partition coefficient (Wildman–Crippen LogP) is 2.56. The van der Waals surface area contributed by atoms with E-state index in [1.54, 1.807) is 6.20 Å². The summed E-state index contributed by atoms with van der Waals surface area (Å²) in [6.45, 7) is 2.01. The van der Waals surface area contributed by atoms with Crippen molar-refractivity contribution in [3.8, 4) is 6.07 Å². The number of fused-ring (bicyclic) bond motifs is 1. The molecule has 2 rings (SSSR count). The van der Waals surface area contributed by atoms with Gasteiger partial charge in [0.2, 0.25) is 0 Å². The summed E-state index contributed by atoms with van der Waals surface area (Å²) in [6, 6.07) is 10.1. The van der Waals surface area contributed by atoms with Gasteiger partial charge in [-0.25, -0.2) is 0 Å². The van der Waals surface area contributed by atoms with Crippen LogP contribution in [0.4, 0.5) is 11.4 Å². The van der Waals surface area contributed by atoms with Gasteiger partial charge in [0.15, 0.2) is 0 Å². The zero-order valence-corrected chi connectivity index (χ0v) is 10.6. The van der Waals surface area contributed by atoms with Crippen LogP contribution in [0.2, 0.25) is 0 Å². The van der Waals surface area contributed by atoms with E-state index < -0.39 is 0 Å². The minimum absolute atomic E-state index is 0.131. The molecule has 2 N–H and O–H groups in total. The van der Waals surface area contributed by atoms with E-state index in [0.717, 1.165) is 16.6 Å². The molecule has 18 heavy (non-hydrogen) atoms. The SMILES string of the molecule is CC(CC#N)N(C)c1ccc2ncccc2c1N. The second kappa shape index (κ2) is 4.92. The van der Waals surface area contributed by atoms with Crippen LogP contribution in [0.25, 0.3) is 10.9 Å². The van der Waals surface area contributed by atoms with Crippen molar-refractivity contribution in [2.75, 3.05) is 17.7 Å². The van der Waals surface area contributed by atoms with Crippen molar-refractivity contribution < 1.29 is 0 Å². The summed E-state index contributed by atoms with van der Waals surface area (Å²) in [5.41, 5.74) is 8.74. The molecule has 0 aliphatic carbocycles. The second-order valence-electron chi connectivity index (χ2n) is 4.39. The van der Waals surface area contributed by atoms with Gasteiger partial charge in [0.05, 0.1) is 29.4 Å². The van der Waals surface area contributed by atoms with Gasteiger partial charge in [0.25, 0.3) is 0 Å². The van der Waals surface area contributed by atoms with Crippen LogP contribution < -0.4 is 10.6 Å². The van der Waals surface area contributed by atoms with Gasteiger partial charge < -0.3 is 10.6 Å². The number of nitrogens with zero attached hydrogens (tertiary/aromatic N) is 3. The number of anilines is 2. The van der Waals surface area contributed by atoms with Gasteiger partial charge in [-0.3, -0.25) is 4.98 Å². The van der Waals surface area contributed by atoms with Gasteiger partial charge in [-0.15, -0.1) is 0 Å². The first-order valence-corrected chi connectivity index (χ1v) is 5.88. The van der Waals surface area contributed by atoms with E-state index >= 15 is 0 Å². The summed E-state index contributed by atoms with van der Waals surface area (Å²) < 4.78 is 0. The van der Waals surface area contributed by atoms with Crippen LogP contribution in [-0.2, 0) is 0 Å². The maximum absolute atomic E-state index is 8.76. The molecule has 4 heteroatoms. The average Bonchev–Trinajstić information content (AvgIpc) is 2.39. The van der Waals surface area contributed by atoms with Crippen molar-refractivity contribution in [2.24, 2.45) is 0 Å². The number of aromatic nitrogens is 1. The number of pyridine rings is 1. The third kappa shape index (κ3) is 2.07. The Labute approximate surface area is 107 Å². The molecule has 0 amide bonds. The van der Waals surface area contributed by atoms with Crippen molar-refractivity contribution >= 4 is 22.3 Å². The molecule has 0 aliphatic heterocycles. The van der Waals surface area contributed by atoms with Crippen LogP contribution >= 0.6 is 0 Å². The third-order valence-electron chi connectivity index (χ3n) is 3.23. The number of nitrogens with two attached hydrogens (primary N) is 1. The molecule has 1 unspecified atom stereocenters. The Kier molecular flexibility index (Phi) is 3.33. The lowest BCUT2D eigenvalue weighted by atomic mass is 10.1. The van der Waals surface area contributed by atoms with E-state index in [0.29, 0.717) is 12.1 Å². The highest BCUT2D eigenvalue weighted by molar-refractivity contribution is 5.97. The normalized spacial score (nSPS) is 12.1. The number of benzene rings is 1. The molecule has 2 aromatic rings. The lowest BCUT2D eigenvalue weighted by Gasteiger charge is -2.27. The lowest BCUT2D eigenvalue weighted by molar-refractivity contribution is 0.704. The summed E-state index contributed by atoms with van der Waals surface area (Å²) in [5, 5.41) is 9.71. The molecule has 1 aromatic heterocycles. The summed E-state index contributed by atoms with van der Waals surface area (Å²) in [6.07, 6.45) is 2.23. The number of hydrogen-bond donors (Lipinski definition) is 1. The number of nitrogen functional groups attached to an aromatic ring is 1. The minimum Gasteiger partial charge on any atom is -0.396 e. The molecular weight excluding hydrogens is 224 g/mol. The fourth-order valence-electron chi connectivity index (χ4n) is 1.98. The summed E-state index contributed by atoms with van der Waals surface area (Å²) >= 11 is 0. The van der Waals surface area contributed by atoms with Crippen LogP contribution in [-0.4, -0.2) is 18.1 Å². The standard InChI is InChI=1S/C14H16N4/c1-10(7-8-15)18(2)13-6-5-12-11(14(13)16)4-3-9-17-12/h3-6,9-10H,7,16H2,1-2H3. The molecule has 0 saturated heterocycles. The van der Waals surface area contributed by atoms with Gasteiger partial charge in [-0.2, -0.15) is 5.26 Å². The Morgan fingerprint density at radius 1 is 1.44 bits per heavy atom. The zero-order valence-electron chi connectivity index (χ0n) is 10.6. The van der Waals surface area contributed by atoms with Gasteiger partial charge in [0, 0.05) is 24.7 Å². The molecule has 1 aromatic carbocycles. The fraction of sp³-hybridized carbons (Fsp3) is 0.286.